The maximum absolute atomic E-state index is 14.8. The van der Waals surface area contributed by atoms with Crippen LogP contribution >= 0.6 is 23.2 Å². The number of fused-ring (bicyclic) bond motifs is 1. The number of methoxy groups -OCH3 is 1. The van der Waals surface area contributed by atoms with Crippen LogP contribution in [0.4, 0.5) is 4.79 Å². The first kappa shape index (κ1) is 48.4. The zero-order valence-electron chi connectivity index (χ0n) is 36.4. The molecule has 0 spiro atoms. The molecule has 1 aromatic heterocycles. The molecule has 3 aliphatic heterocycles. The smallest absolute Gasteiger partial charge is 0.405 e. The van der Waals surface area contributed by atoms with Crippen molar-refractivity contribution < 1.29 is 67.7 Å². The lowest BCUT2D eigenvalue weighted by Crippen LogP contribution is -2.66. The van der Waals surface area contributed by atoms with Gasteiger partial charge in [0, 0.05) is 38.5 Å². The Hall–Kier alpha value is -4.01. The predicted octanol–water partition coefficient (Wildman–Crippen LogP) is 3.86. The van der Waals surface area contributed by atoms with Gasteiger partial charge in [-0.05, 0) is 51.4 Å². The molecule has 0 aromatic carbocycles. The number of rotatable bonds is 11. The number of Topliss-reactive ketones (excluding diaryl/α,β-unsaturated/α-hetero) is 1. The Morgan fingerprint density at radius 3 is 2.33 bits per heavy atom. The second kappa shape index (κ2) is 18.8. The van der Waals surface area contributed by atoms with Crippen LogP contribution in [0.3, 0.4) is 0 Å². The summed E-state index contributed by atoms with van der Waals surface area (Å²) in [5, 5.41) is 38.4. The number of H-pyrrole nitrogens is 1. The number of likely N-dealkylation sites (tertiary alicyclic amines) is 1. The average Bonchev–Trinajstić information content (AvgIpc) is 3.68. The number of amides is 3. The van der Waals surface area contributed by atoms with Crippen molar-refractivity contribution in [2.45, 2.75) is 141 Å². The third kappa shape index (κ3) is 9.02. The fourth-order valence-electron chi connectivity index (χ4n) is 10.1. The average molecular weight is 926 g/mol. The molecule has 20 heteroatoms. The summed E-state index contributed by atoms with van der Waals surface area (Å²) in [5.41, 5.74) is 3.74. The molecule has 3 saturated heterocycles. The number of carbonyl (C=O) groups is 5. The van der Waals surface area contributed by atoms with Crippen LogP contribution in [0.1, 0.15) is 78.2 Å². The number of nitrogens with two attached hydrogens (primary N) is 1. The number of aliphatic hydroxyl groups is 3. The molecule has 4 heterocycles. The van der Waals surface area contributed by atoms with E-state index in [1.54, 1.807) is 27.7 Å². The van der Waals surface area contributed by atoms with Gasteiger partial charge in [-0.2, -0.15) is 0 Å². The van der Waals surface area contributed by atoms with Gasteiger partial charge in [0.05, 0.1) is 34.4 Å². The zero-order chi connectivity index (χ0) is 46.6. The minimum absolute atomic E-state index is 0.00593. The Morgan fingerprint density at radius 1 is 1.06 bits per heavy atom. The van der Waals surface area contributed by atoms with E-state index in [0.29, 0.717) is 12.8 Å². The van der Waals surface area contributed by atoms with Gasteiger partial charge in [-0.1, -0.05) is 68.3 Å². The highest BCUT2D eigenvalue weighted by atomic mass is 35.5. The topological polar surface area (TPSA) is 258 Å². The van der Waals surface area contributed by atoms with E-state index < -0.39 is 144 Å². The van der Waals surface area contributed by atoms with Gasteiger partial charge in [0.25, 0.3) is 11.8 Å². The number of ether oxygens (including phenoxy) is 6. The zero-order valence-corrected chi connectivity index (χ0v) is 37.9. The molecule has 1 saturated carbocycles. The standard InChI is InChI=1S/C43H58Cl2N4O14/c1-16(2)32-34(52)29(40(55)49(32)41-37(58-9)36(61-22(8)50)35(19(5)60-41)63-42(46)56)33(51)28-18(4)10-12-23-25(13-11-17(3)27(23)28)62-26-14-43(57,38(53)20(6)59-26)21(7)48-39(54)31-30(45)24(44)15-47-31/h10,12,15-16,18-21,23,25-28,32,35-38,41,47,51,53,57H,3,11,13-14H2,1-2,4-9H3,(H2,46,56)(H,48,54)/b33-29-/t18-,19+,20+,21-,23-,25+,26-,27-,28?,32-,35-,36-,37-,38+,41-,43+/m0/s1. The number of aliphatic hydroxyl groups excluding tert-OH is 2. The SMILES string of the molecule is C=C1CC[C@@H](O[C@H]2C[C@@](O)([C@H](C)NC(=O)c3[nH]cc(Cl)c3Cl)[C@H](O)[C@@H](C)O2)[C@@H]2C=C[C@H](C)C(/C(O)=C3\C(=O)[C@H](C(C)C)N([C@H]4O[C@H](C)[C@H](OC(N)=O)[C@H](OC(C)=O)[C@@H]4OC)C3=O)[C@@H]12. The Balaban J connectivity index is 1.28. The van der Waals surface area contributed by atoms with Crippen LogP contribution in [0.25, 0.3) is 0 Å². The van der Waals surface area contributed by atoms with Crippen LogP contribution in [0.15, 0.2) is 41.8 Å². The summed E-state index contributed by atoms with van der Waals surface area (Å²) < 4.78 is 35.5. The van der Waals surface area contributed by atoms with Crippen LogP contribution in [0.2, 0.25) is 10.0 Å². The van der Waals surface area contributed by atoms with Crippen molar-refractivity contribution in [2.75, 3.05) is 7.11 Å². The second-order valence-corrected chi connectivity index (χ2v) is 18.4. The molecular formula is C43H58Cl2N4O14. The Morgan fingerprint density at radius 2 is 1.75 bits per heavy atom. The number of hydrogen-bond donors (Lipinski definition) is 6. The maximum Gasteiger partial charge on any atom is 0.405 e. The first-order valence-electron chi connectivity index (χ1n) is 21.1. The van der Waals surface area contributed by atoms with Gasteiger partial charge < -0.3 is 59.8 Å². The van der Waals surface area contributed by atoms with Crippen LogP contribution in [0.5, 0.6) is 0 Å². The van der Waals surface area contributed by atoms with Crippen LogP contribution in [0, 0.1) is 29.6 Å². The number of carbonyl (C=O) groups excluding carboxylic acids is 5. The summed E-state index contributed by atoms with van der Waals surface area (Å²) in [6.07, 6.45) is -5.37. The number of halogens is 2. The largest absolute Gasteiger partial charge is 0.511 e. The lowest BCUT2D eigenvalue weighted by Gasteiger charge is -2.50. The molecule has 7 N–H and O–H groups in total. The number of aromatic amines is 1. The maximum atomic E-state index is 14.8. The Kier molecular flexibility index (Phi) is 14.5. The molecule has 63 heavy (non-hydrogen) atoms. The number of aromatic nitrogens is 1. The monoisotopic (exact) mass is 924 g/mol. The van der Waals surface area contributed by atoms with E-state index in [2.05, 4.69) is 16.9 Å². The molecule has 2 aliphatic carbocycles. The third-order valence-electron chi connectivity index (χ3n) is 13.2. The van der Waals surface area contributed by atoms with Crippen LogP contribution in [-0.4, -0.2) is 135 Å². The highest BCUT2D eigenvalue weighted by Gasteiger charge is 2.59. The number of esters is 1. The molecule has 3 amide bonds. The molecule has 4 fully saturated rings. The van der Waals surface area contributed by atoms with Gasteiger partial charge in [0.15, 0.2) is 30.5 Å². The highest BCUT2D eigenvalue weighted by molar-refractivity contribution is 6.43. The summed E-state index contributed by atoms with van der Waals surface area (Å²) >= 11 is 12.2. The van der Waals surface area contributed by atoms with Crippen molar-refractivity contribution in [1.29, 1.82) is 0 Å². The van der Waals surface area contributed by atoms with Crippen molar-refractivity contribution in [3.8, 4) is 0 Å². The summed E-state index contributed by atoms with van der Waals surface area (Å²) in [4.78, 5) is 70.5. The van der Waals surface area contributed by atoms with Gasteiger partial charge in [-0.3, -0.25) is 24.1 Å². The Labute approximate surface area is 375 Å². The van der Waals surface area contributed by atoms with Crippen molar-refractivity contribution in [1.82, 2.24) is 15.2 Å². The molecule has 5 aliphatic rings. The van der Waals surface area contributed by atoms with Crippen molar-refractivity contribution in [3.63, 3.8) is 0 Å². The first-order chi connectivity index (χ1) is 29.5. The molecule has 18 nitrogen and oxygen atoms in total. The lowest BCUT2D eigenvalue weighted by molar-refractivity contribution is -0.296. The molecule has 0 radical (unpaired) electrons. The van der Waals surface area contributed by atoms with Crippen molar-refractivity contribution in [3.05, 3.63) is 57.6 Å². The third-order valence-corrected chi connectivity index (χ3v) is 14.0. The summed E-state index contributed by atoms with van der Waals surface area (Å²) in [6.45, 7) is 15.5. The molecule has 16 atom stereocenters. The normalized spacial score (nSPS) is 38.3. The fourth-order valence-corrected chi connectivity index (χ4v) is 10.4. The fraction of sp³-hybridized carbons (Fsp3) is 0.651. The molecule has 0 bridgehead atoms. The van der Waals surface area contributed by atoms with E-state index in [1.807, 2.05) is 19.1 Å². The number of primary amides is 1. The van der Waals surface area contributed by atoms with Gasteiger partial charge in [-0.25, -0.2) is 4.79 Å². The number of ketones is 1. The minimum atomic E-state index is -1.92. The van der Waals surface area contributed by atoms with Crippen LogP contribution < -0.4 is 11.1 Å². The predicted molar refractivity (Wildman–Crippen MR) is 225 cm³/mol. The van der Waals surface area contributed by atoms with Crippen LogP contribution in [-0.2, 0) is 42.8 Å². The number of allylic oxidation sites excluding steroid dienone is 3. The van der Waals surface area contributed by atoms with E-state index in [9.17, 15) is 39.3 Å². The van der Waals surface area contributed by atoms with Gasteiger partial charge in [0.2, 0.25) is 0 Å². The molecule has 1 unspecified atom stereocenters. The molecular weight excluding hydrogens is 867 g/mol. The van der Waals surface area contributed by atoms with E-state index in [4.69, 9.17) is 57.4 Å². The first-order valence-corrected chi connectivity index (χ1v) is 21.8. The molecule has 348 valence electrons. The summed E-state index contributed by atoms with van der Waals surface area (Å²) in [7, 11) is 1.29. The number of hydrogen-bond acceptors (Lipinski definition) is 14. The second-order valence-electron chi connectivity index (χ2n) is 17.6. The van der Waals surface area contributed by atoms with Gasteiger partial charge in [-0.15, -0.1) is 0 Å². The quantitative estimate of drug-likeness (QED) is 0.0606. The molecule has 6 rings (SSSR count). The van der Waals surface area contributed by atoms with Gasteiger partial charge in [0.1, 0.15) is 40.9 Å². The number of nitrogens with zero attached hydrogens (tertiary/aromatic N) is 1. The summed E-state index contributed by atoms with van der Waals surface area (Å²) in [5.74, 6) is -5.95. The molecule has 1 aromatic rings. The van der Waals surface area contributed by atoms with E-state index in [0.717, 1.165) is 12.5 Å². The minimum Gasteiger partial charge on any atom is -0.511 e. The number of nitrogens with one attached hydrogen (secondary N) is 2. The van der Waals surface area contributed by atoms with E-state index in [1.165, 1.54) is 25.1 Å². The Bertz CT molecular complexity index is 2040. The van der Waals surface area contributed by atoms with Crippen molar-refractivity contribution in [2.24, 2.45) is 35.3 Å². The van der Waals surface area contributed by atoms with E-state index >= 15 is 0 Å². The van der Waals surface area contributed by atoms with Gasteiger partial charge >= 0.3 is 12.1 Å². The van der Waals surface area contributed by atoms with Crippen molar-refractivity contribution >= 4 is 52.9 Å². The highest BCUT2D eigenvalue weighted by Crippen LogP contribution is 2.51. The summed E-state index contributed by atoms with van der Waals surface area (Å²) in [6, 6.07) is -2.16. The lowest BCUT2D eigenvalue weighted by atomic mass is 9.61. The van der Waals surface area contributed by atoms with E-state index in [-0.39, 0.29) is 22.2 Å².